The number of likely N-dealkylation sites (tertiary alicyclic amines) is 1. The maximum absolute atomic E-state index is 13.5. The summed E-state index contributed by atoms with van der Waals surface area (Å²) in [6.45, 7) is 2.64. The van der Waals surface area contributed by atoms with Crippen LogP contribution in [0.1, 0.15) is 24.9 Å². The number of amides is 1. The van der Waals surface area contributed by atoms with E-state index in [2.05, 4.69) is 0 Å². The first kappa shape index (κ1) is 15.4. The van der Waals surface area contributed by atoms with Gasteiger partial charge in [0.25, 0.3) is 5.91 Å². The van der Waals surface area contributed by atoms with Crippen molar-refractivity contribution < 1.29 is 19.0 Å². The van der Waals surface area contributed by atoms with Gasteiger partial charge in [-0.15, -0.1) is 11.8 Å². The molecule has 0 spiro atoms. The summed E-state index contributed by atoms with van der Waals surface area (Å²) in [5.41, 5.74) is 0.713. The van der Waals surface area contributed by atoms with Gasteiger partial charge in [0.1, 0.15) is 16.5 Å². The van der Waals surface area contributed by atoms with Crippen LogP contribution in [0.15, 0.2) is 34.9 Å². The molecule has 118 valence electrons. The first-order valence-corrected chi connectivity index (χ1v) is 8.26. The van der Waals surface area contributed by atoms with Crippen LogP contribution in [0.25, 0.3) is 0 Å². The lowest BCUT2D eigenvalue weighted by atomic mass is 10.0. The molecule has 1 fully saturated rings. The quantitative estimate of drug-likeness (QED) is 0.908. The highest BCUT2D eigenvalue weighted by molar-refractivity contribution is 8.04. The highest BCUT2D eigenvalue weighted by Crippen LogP contribution is 2.36. The van der Waals surface area contributed by atoms with E-state index in [9.17, 15) is 14.3 Å². The highest BCUT2D eigenvalue weighted by Gasteiger charge is 2.37. The van der Waals surface area contributed by atoms with E-state index >= 15 is 0 Å². The molecule has 0 radical (unpaired) electrons. The van der Waals surface area contributed by atoms with Crippen LogP contribution >= 0.6 is 11.8 Å². The molecule has 2 heterocycles. The van der Waals surface area contributed by atoms with Crippen molar-refractivity contribution in [2.75, 3.05) is 18.9 Å². The van der Waals surface area contributed by atoms with Crippen molar-refractivity contribution in [1.29, 1.82) is 0 Å². The third kappa shape index (κ3) is 2.98. The van der Waals surface area contributed by atoms with Crippen molar-refractivity contribution in [2.45, 2.75) is 25.5 Å². The summed E-state index contributed by atoms with van der Waals surface area (Å²) in [5, 5.41) is 9.97. The van der Waals surface area contributed by atoms with Crippen molar-refractivity contribution in [3.05, 3.63) is 46.3 Å². The zero-order valence-electron chi connectivity index (χ0n) is 12.3. The van der Waals surface area contributed by atoms with Gasteiger partial charge in [-0.1, -0.05) is 12.1 Å². The lowest BCUT2D eigenvalue weighted by Crippen LogP contribution is -2.33. The third-order valence-corrected chi connectivity index (χ3v) is 5.06. The monoisotopic (exact) mass is 323 g/mol. The molecule has 22 heavy (non-hydrogen) atoms. The van der Waals surface area contributed by atoms with E-state index in [0.717, 1.165) is 5.75 Å². The number of allylic oxidation sites excluding steroid dienone is 1. The molecule has 2 aliphatic rings. The SMILES string of the molecule is CC1=C(C(=O)N2C[C@@H](O)C[C@@H]2c2cccc(F)c2)SCCO1. The Hall–Kier alpha value is -1.53. The van der Waals surface area contributed by atoms with Crippen LogP contribution in [0.2, 0.25) is 0 Å². The number of ether oxygens (including phenoxy) is 1. The fourth-order valence-corrected chi connectivity index (χ4v) is 3.79. The molecule has 0 bridgehead atoms. The van der Waals surface area contributed by atoms with Gasteiger partial charge in [0.05, 0.1) is 18.8 Å². The molecule has 1 N–H and O–H groups in total. The molecule has 1 saturated heterocycles. The van der Waals surface area contributed by atoms with Crippen molar-refractivity contribution >= 4 is 17.7 Å². The first-order chi connectivity index (χ1) is 10.6. The van der Waals surface area contributed by atoms with Gasteiger partial charge < -0.3 is 14.7 Å². The number of thioether (sulfide) groups is 1. The zero-order valence-corrected chi connectivity index (χ0v) is 13.1. The number of hydrogen-bond acceptors (Lipinski definition) is 4. The van der Waals surface area contributed by atoms with Crippen LogP contribution in [-0.2, 0) is 9.53 Å². The Labute approximate surface area is 132 Å². The van der Waals surface area contributed by atoms with Gasteiger partial charge in [0.15, 0.2) is 0 Å². The lowest BCUT2D eigenvalue weighted by molar-refractivity contribution is -0.127. The predicted molar refractivity (Wildman–Crippen MR) is 82.6 cm³/mol. The number of carbonyl (C=O) groups excluding carboxylic acids is 1. The summed E-state index contributed by atoms with van der Waals surface area (Å²) in [6, 6.07) is 5.91. The maximum atomic E-state index is 13.5. The Morgan fingerprint density at radius 2 is 2.32 bits per heavy atom. The Morgan fingerprint density at radius 1 is 1.50 bits per heavy atom. The molecule has 2 atom stereocenters. The molecule has 1 amide bonds. The molecule has 0 aliphatic carbocycles. The fraction of sp³-hybridized carbons (Fsp3) is 0.438. The predicted octanol–water partition coefficient (Wildman–Crippen LogP) is 2.45. The van der Waals surface area contributed by atoms with E-state index in [1.165, 1.54) is 23.9 Å². The summed E-state index contributed by atoms with van der Waals surface area (Å²) in [4.78, 5) is 15.0. The topological polar surface area (TPSA) is 49.8 Å². The molecule has 4 nitrogen and oxygen atoms in total. The van der Waals surface area contributed by atoms with E-state index in [1.54, 1.807) is 24.0 Å². The fourth-order valence-electron chi connectivity index (χ4n) is 2.92. The van der Waals surface area contributed by atoms with Gasteiger partial charge in [0.2, 0.25) is 0 Å². The summed E-state index contributed by atoms with van der Waals surface area (Å²) < 4.78 is 18.9. The average molecular weight is 323 g/mol. The van der Waals surface area contributed by atoms with E-state index < -0.39 is 6.10 Å². The number of aliphatic hydroxyl groups excluding tert-OH is 1. The van der Waals surface area contributed by atoms with Crippen LogP contribution in [0, 0.1) is 5.82 Å². The largest absolute Gasteiger partial charge is 0.496 e. The number of β-amino-alcohol motifs (C(OH)–C–C–N with tert-alkyl or cyclic N) is 1. The van der Waals surface area contributed by atoms with Gasteiger partial charge in [-0.05, 0) is 31.0 Å². The lowest BCUT2D eigenvalue weighted by Gasteiger charge is -2.27. The second kappa shape index (κ2) is 6.30. The average Bonchev–Trinajstić information content (AvgIpc) is 2.89. The molecule has 0 aromatic heterocycles. The number of carbonyl (C=O) groups is 1. The molecule has 3 rings (SSSR count). The molecule has 2 aliphatic heterocycles. The van der Waals surface area contributed by atoms with E-state index in [-0.39, 0.29) is 24.3 Å². The maximum Gasteiger partial charge on any atom is 0.264 e. The van der Waals surface area contributed by atoms with Crippen LogP contribution < -0.4 is 0 Å². The highest BCUT2D eigenvalue weighted by atomic mass is 32.2. The van der Waals surface area contributed by atoms with Crippen LogP contribution in [0.3, 0.4) is 0 Å². The summed E-state index contributed by atoms with van der Waals surface area (Å²) in [6.07, 6.45) is -0.166. The molecule has 0 unspecified atom stereocenters. The van der Waals surface area contributed by atoms with Gasteiger partial charge in [-0.2, -0.15) is 0 Å². The Bertz CT molecular complexity index is 619. The smallest absolute Gasteiger partial charge is 0.264 e. The van der Waals surface area contributed by atoms with Gasteiger partial charge in [-0.25, -0.2) is 4.39 Å². The second-order valence-corrected chi connectivity index (χ2v) is 6.61. The zero-order chi connectivity index (χ0) is 15.7. The second-order valence-electron chi connectivity index (χ2n) is 5.50. The number of halogens is 1. The summed E-state index contributed by atoms with van der Waals surface area (Å²) >= 11 is 1.48. The van der Waals surface area contributed by atoms with Gasteiger partial charge in [-0.3, -0.25) is 4.79 Å². The standard InChI is InChI=1S/C16H18FNO3S/c1-10-15(22-6-5-21-10)16(20)18-9-13(19)8-14(18)11-3-2-4-12(17)7-11/h2-4,7,13-14,19H,5-6,8-9H2,1H3/t13-,14+/m0/s1. The molecule has 6 heteroatoms. The van der Waals surface area contributed by atoms with Gasteiger partial charge in [0, 0.05) is 12.3 Å². The Balaban J connectivity index is 1.89. The number of rotatable bonds is 2. The van der Waals surface area contributed by atoms with Crippen molar-refractivity contribution in [3.8, 4) is 0 Å². The Morgan fingerprint density at radius 3 is 3.05 bits per heavy atom. The number of nitrogens with zero attached hydrogens (tertiary/aromatic N) is 1. The van der Waals surface area contributed by atoms with Crippen molar-refractivity contribution in [1.82, 2.24) is 4.90 Å². The van der Waals surface area contributed by atoms with Crippen molar-refractivity contribution in [2.24, 2.45) is 0 Å². The van der Waals surface area contributed by atoms with Crippen LogP contribution in [0.5, 0.6) is 0 Å². The third-order valence-electron chi connectivity index (χ3n) is 3.94. The molecular formula is C16H18FNO3S. The minimum absolute atomic E-state index is 0.145. The van der Waals surface area contributed by atoms with Crippen molar-refractivity contribution in [3.63, 3.8) is 0 Å². The molecule has 0 saturated carbocycles. The van der Waals surface area contributed by atoms with Crippen LogP contribution in [0.4, 0.5) is 4.39 Å². The number of benzene rings is 1. The summed E-state index contributed by atoms with van der Waals surface area (Å²) in [7, 11) is 0. The minimum Gasteiger partial charge on any atom is -0.496 e. The van der Waals surface area contributed by atoms with E-state index in [0.29, 0.717) is 29.3 Å². The molecule has 1 aromatic carbocycles. The van der Waals surface area contributed by atoms with E-state index in [4.69, 9.17) is 4.74 Å². The summed E-state index contributed by atoms with van der Waals surface area (Å²) in [5.74, 6) is 0.880. The number of aliphatic hydroxyl groups is 1. The van der Waals surface area contributed by atoms with E-state index in [1.807, 2.05) is 0 Å². The number of hydrogen-bond donors (Lipinski definition) is 1. The molecule has 1 aromatic rings. The normalized spacial score (nSPS) is 25.3. The van der Waals surface area contributed by atoms with Gasteiger partial charge >= 0.3 is 0 Å². The minimum atomic E-state index is -0.590. The molecular weight excluding hydrogens is 305 g/mol. The first-order valence-electron chi connectivity index (χ1n) is 7.27. The Kier molecular flexibility index (Phi) is 4.40. The van der Waals surface area contributed by atoms with Crippen LogP contribution in [-0.4, -0.2) is 40.9 Å².